The molecule has 2 saturated heterocycles. The second kappa shape index (κ2) is 17.8. The van der Waals surface area contributed by atoms with Gasteiger partial charge in [0.15, 0.2) is 0 Å². The first kappa shape index (κ1) is 41.6. The molecule has 2 amide bonds. The van der Waals surface area contributed by atoms with Crippen LogP contribution in [0.2, 0.25) is 0 Å². The van der Waals surface area contributed by atoms with E-state index in [0.717, 1.165) is 99.9 Å². The summed E-state index contributed by atoms with van der Waals surface area (Å²) >= 11 is 0. The number of carbonyl (C=O) groups excluding carboxylic acids is 2. The Bertz CT molecular complexity index is 1270. The minimum Gasteiger partial charge on any atom is -0.497 e. The van der Waals surface area contributed by atoms with Gasteiger partial charge in [-0.1, -0.05) is 37.1 Å². The van der Waals surface area contributed by atoms with Crippen LogP contribution in [-0.2, 0) is 32.5 Å². The molecule has 10 heteroatoms. The zero-order valence-corrected chi connectivity index (χ0v) is 33.7. The standard InChI is InChI=1S/C42H66N4O6/c1-39(2)25-35(26-40(3,4)45(39)51-29-33-15-19-37(49-9)20-16-33)43(31-47)23-13-11-12-14-24-44(32-48)36-27-41(5,6)46(42(7,8)28-36)52-30-34-17-21-38(50-10)22-18-34/h15-22,31-32,35-36H,11-14,23-30H2,1-10H3. The Morgan fingerprint density at radius 3 is 1.13 bits per heavy atom. The summed E-state index contributed by atoms with van der Waals surface area (Å²) in [5, 5.41) is 4.29. The second-order valence-corrected chi connectivity index (χ2v) is 17.3. The predicted octanol–water partition coefficient (Wildman–Crippen LogP) is 7.79. The molecule has 0 atom stereocenters. The molecule has 2 aromatic rings. The molecule has 0 spiro atoms. The van der Waals surface area contributed by atoms with E-state index in [0.29, 0.717) is 13.2 Å². The van der Waals surface area contributed by atoms with Gasteiger partial charge in [-0.05, 0) is 129 Å². The molecule has 2 aliphatic rings. The first-order valence-electron chi connectivity index (χ1n) is 19.1. The third-order valence-corrected chi connectivity index (χ3v) is 11.0. The number of rotatable bonds is 19. The summed E-state index contributed by atoms with van der Waals surface area (Å²) in [4.78, 5) is 41.6. The number of methoxy groups -OCH3 is 2. The largest absolute Gasteiger partial charge is 0.497 e. The van der Waals surface area contributed by atoms with Crippen molar-refractivity contribution in [1.82, 2.24) is 19.9 Å². The van der Waals surface area contributed by atoms with E-state index in [4.69, 9.17) is 19.1 Å². The van der Waals surface area contributed by atoms with Crippen molar-refractivity contribution >= 4 is 12.8 Å². The zero-order chi connectivity index (χ0) is 38.2. The fourth-order valence-corrected chi connectivity index (χ4v) is 8.90. The summed E-state index contributed by atoms with van der Waals surface area (Å²) in [6, 6.07) is 16.2. The number of piperidine rings is 2. The van der Waals surface area contributed by atoms with Gasteiger partial charge in [0.1, 0.15) is 11.5 Å². The molecule has 52 heavy (non-hydrogen) atoms. The topological polar surface area (TPSA) is 84.0 Å². The van der Waals surface area contributed by atoms with Gasteiger partial charge in [-0.25, -0.2) is 0 Å². The summed E-state index contributed by atoms with van der Waals surface area (Å²) in [6.07, 6.45) is 9.34. The van der Waals surface area contributed by atoms with Crippen molar-refractivity contribution in [3.63, 3.8) is 0 Å². The van der Waals surface area contributed by atoms with Crippen LogP contribution in [-0.4, -0.2) is 94.3 Å². The maximum atomic E-state index is 12.4. The van der Waals surface area contributed by atoms with Crippen LogP contribution in [0.3, 0.4) is 0 Å². The minimum absolute atomic E-state index is 0.145. The molecule has 2 heterocycles. The lowest BCUT2D eigenvalue weighted by Gasteiger charge is -2.55. The third kappa shape index (κ3) is 10.7. The number of ether oxygens (including phenoxy) is 2. The molecular weight excluding hydrogens is 656 g/mol. The number of carbonyl (C=O) groups is 2. The van der Waals surface area contributed by atoms with Crippen molar-refractivity contribution in [2.24, 2.45) is 0 Å². The highest BCUT2D eigenvalue weighted by Crippen LogP contribution is 2.42. The molecule has 10 nitrogen and oxygen atoms in total. The van der Waals surface area contributed by atoms with Crippen molar-refractivity contribution < 1.29 is 28.7 Å². The summed E-state index contributed by atoms with van der Waals surface area (Å²) in [6.45, 7) is 20.1. The van der Waals surface area contributed by atoms with E-state index < -0.39 is 0 Å². The third-order valence-electron chi connectivity index (χ3n) is 11.0. The van der Waals surface area contributed by atoms with Crippen LogP contribution in [0.1, 0.15) is 118 Å². The lowest BCUT2D eigenvalue weighted by Crippen LogP contribution is -2.63. The van der Waals surface area contributed by atoms with Crippen molar-refractivity contribution in [2.75, 3.05) is 27.3 Å². The Balaban J connectivity index is 1.21. The smallest absolute Gasteiger partial charge is 0.209 e. The van der Waals surface area contributed by atoms with Gasteiger partial charge in [-0.2, -0.15) is 10.1 Å². The van der Waals surface area contributed by atoms with Crippen LogP contribution in [0.5, 0.6) is 11.5 Å². The van der Waals surface area contributed by atoms with E-state index in [1.165, 1.54) is 0 Å². The fourth-order valence-electron chi connectivity index (χ4n) is 8.90. The molecular formula is C42H66N4O6. The highest BCUT2D eigenvalue weighted by molar-refractivity contribution is 5.48. The molecule has 2 aliphatic heterocycles. The summed E-state index contributed by atoms with van der Waals surface area (Å²) in [7, 11) is 3.34. The van der Waals surface area contributed by atoms with E-state index in [1.807, 2.05) is 58.3 Å². The van der Waals surface area contributed by atoms with Gasteiger partial charge in [0.25, 0.3) is 0 Å². The SMILES string of the molecule is COc1ccc(CON2C(C)(C)CC(N(C=O)CCCCCCN(C=O)C3CC(C)(C)N(OCc4ccc(OC)cc4)C(C)(C)C3)CC2(C)C)cc1. The fraction of sp³-hybridized carbons (Fsp3) is 0.667. The Morgan fingerprint density at radius 2 is 0.865 bits per heavy atom. The number of amides is 2. The summed E-state index contributed by atoms with van der Waals surface area (Å²) in [5.41, 5.74) is 1.18. The molecule has 0 radical (unpaired) electrons. The molecule has 0 aromatic heterocycles. The molecule has 0 unspecified atom stereocenters. The van der Waals surface area contributed by atoms with Gasteiger partial charge in [0.2, 0.25) is 12.8 Å². The zero-order valence-electron chi connectivity index (χ0n) is 33.7. The first-order valence-corrected chi connectivity index (χ1v) is 19.1. The van der Waals surface area contributed by atoms with Gasteiger partial charge < -0.3 is 19.3 Å². The number of unbranched alkanes of at least 4 members (excludes halogenated alkanes) is 3. The molecule has 2 aromatic carbocycles. The van der Waals surface area contributed by atoms with Crippen LogP contribution in [0.4, 0.5) is 0 Å². The van der Waals surface area contributed by atoms with Crippen LogP contribution < -0.4 is 9.47 Å². The summed E-state index contributed by atoms with van der Waals surface area (Å²) < 4.78 is 10.6. The van der Waals surface area contributed by atoms with E-state index in [1.54, 1.807) is 14.2 Å². The van der Waals surface area contributed by atoms with Crippen molar-refractivity contribution in [1.29, 1.82) is 0 Å². The average molecular weight is 723 g/mol. The molecule has 0 saturated carbocycles. The Labute approximate surface area is 313 Å². The Morgan fingerprint density at radius 1 is 0.558 bits per heavy atom. The molecule has 2 fully saturated rings. The van der Waals surface area contributed by atoms with Crippen molar-refractivity contribution in [3.8, 4) is 11.5 Å². The van der Waals surface area contributed by atoms with Crippen LogP contribution in [0.15, 0.2) is 48.5 Å². The van der Waals surface area contributed by atoms with E-state index >= 15 is 0 Å². The number of hydroxylamine groups is 4. The quantitative estimate of drug-likeness (QED) is 0.107. The van der Waals surface area contributed by atoms with Crippen molar-refractivity contribution in [3.05, 3.63) is 59.7 Å². The van der Waals surface area contributed by atoms with E-state index in [2.05, 4.69) is 65.5 Å². The van der Waals surface area contributed by atoms with Crippen LogP contribution >= 0.6 is 0 Å². The monoisotopic (exact) mass is 722 g/mol. The van der Waals surface area contributed by atoms with Gasteiger partial charge in [-0.15, -0.1) is 0 Å². The van der Waals surface area contributed by atoms with Gasteiger partial charge in [0.05, 0.1) is 27.4 Å². The number of benzene rings is 2. The molecule has 0 bridgehead atoms. The molecule has 0 aliphatic carbocycles. The second-order valence-electron chi connectivity index (χ2n) is 17.3. The lowest BCUT2D eigenvalue weighted by atomic mass is 9.78. The Kier molecular flexibility index (Phi) is 14.2. The average Bonchev–Trinajstić information content (AvgIpc) is 3.08. The van der Waals surface area contributed by atoms with E-state index in [-0.39, 0.29) is 34.2 Å². The molecule has 0 N–H and O–H groups in total. The highest BCUT2D eigenvalue weighted by Gasteiger charge is 2.49. The summed E-state index contributed by atoms with van der Waals surface area (Å²) in [5.74, 6) is 1.66. The van der Waals surface area contributed by atoms with Gasteiger partial charge in [-0.3, -0.25) is 19.3 Å². The van der Waals surface area contributed by atoms with Crippen LogP contribution in [0, 0.1) is 0 Å². The first-order chi connectivity index (χ1) is 24.5. The molecule has 4 rings (SSSR count). The maximum absolute atomic E-state index is 12.4. The number of hydrogen-bond acceptors (Lipinski definition) is 8. The Hall–Kier alpha value is -3.18. The van der Waals surface area contributed by atoms with Crippen LogP contribution in [0.25, 0.3) is 0 Å². The van der Waals surface area contributed by atoms with Gasteiger partial charge in [0, 0.05) is 47.3 Å². The van der Waals surface area contributed by atoms with Gasteiger partial charge >= 0.3 is 0 Å². The predicted molar refractivity (Wildman–Crippen MR) is 206 cm³/mol. The maximum Gasteiger partial charge on any atom is 0.209 e. The normalized spacial score (nSPS) is 20.3. The minimum atomic E-state index is -0.250. The number of hydrogen-bond donors (Lipinski definition) is 0. The van der Waals surface area contributed by atoms with E-state index in [9.17, 15) is 9.59 Å². The number of nitrogens with zero attached hydrogens (tertiary/aromatic N) is 4. The lowest BCUT2D eigenvalue weighted by molar-refractivity contribution is -0.294. The van der Waals surface area contributed by atoms with Crippen molar-refractivity contribution in [2.45, 2.75) is 154 Å². The highest BCUT2D eigenvalue weighted by atomic mass is 16.7. The molecule has 290 valence electrons.